The molecule has 3 rings (SSSR count). The molecule has 0 aliphatic heterocycles. The summed E-state index contributed by atoms with van der Waals surface area (Å²) in [5.41, 5.74) is 0.671. The highest BCUT2D eigenvalue weighted by molar-refractivity contribution is 6.33. The Morgan fingerprint density at radius 3 is 2.54 bits per heavy atom. The van der Waals surface area contributed by atoms with Gasteiger partial charge in [-0.3, -0.25) is 4.79 Å². The molecule has 1 atom stereocenters. The normalized spacial score (nSPS) is 11.7. The molecule has 3 aromatic rings. The van der Waals surface area contributed by atoms with Gasteiger partial charge < -0.3 is 18.9 Å². The molecule has 28 heavy (non-hydrogen) atoms. The second kappa shape index (κ2) is 8.75. The largest absolute Gasteiger partial charge is 0.497 e. The summed E-state index contributed by atoms with van der Waals surface area (Å²) in [4.78, 5) is 18.4. The molecular weight excluding hydrogens is 382 g/mol. The van der Waals surface area contributed by atoms with Gasteiger partial charge >= 0.3 is 0 Å². The summed E-state index contributed by atoms with van der Waals surface area (Å²) >= 11 is 6.15. The average Bonchev–Trinajstić information content (AvgIpc) is 3.16. The number of hydrogen-bond donors (Lipinski definition) is 0. The quantitative estimate of drug-likeness (QED) is 0.598. The van der Waals surface area contributed by atoms with Gasteiger partial charge in [-0.15, -0.1) is 0 Å². The topological polar surface area (TPSA) is 77.7 Å². The van der Waals surface area contributed by atoms with Crippen molar-refractivity contribution in [3.8, 4) is 22.9 Å². The SMILES string of the molecule is COc1ccc(OC(C)C(=O)N(C)Cc2nc(-c3ccccc3Cl)no2)cc1. The van der Waals surface area contributed by atoms with E-state index < -0.39 is 6.10 Å². The van der Waals surface area contributed by atoms with E-state index in [1.807, 2.05) is 12.1 Å². The fraction of sp³-hybridized carbons (Fsp3) is 0.250. The first kappa shape index (κ1) is 19.7. The zero-order valence-corrected chi connectivity index (χ0v) is 16.5. The van der Waals surface area contributed by atoms with Crippen LogP contribution in [0.4, 0.5) is 0 Å². The number of likely N-dealkylation sites (N-methyl/N-ethyl adjacent to an activating group) is 1. The maximum Gasteiger partial charge on any atom is 0.263 e. The van der Waals surface area contributed by atoms with Crippen molar-refractivity contribution in [2.45, 2.75) is 19.6 Å². The number of aromatic nitrogens is 2. The van der Waals surface area contributed by atoms with E-state index in [2.05, 4.69) is 10.1 Å². The van der Waals surface area contributed by atoms with E-state index >= 15 is 0 Å². The third kappa shape index (κ3) is 4.61. The molecule has 0 saturated carbocycles. The number of rotatable bonds is 7. The molecule has 1 aromatic heterocycles. The van der Waals surface area contributed by atoms with Gasteiger partial charge in [-0.25, -0.2) is 0 Å². The maximum atomic E-state index is 12.6. The van der Waals surface area contributed by atoms with Gasteiger partial charge in [0, 0.05) is 12.6 Å². The van der Waals surface area contributed by atoms with Gasteiger partial charge in [0.25, 0.3) is 5.91 Å². The molecule has 7 nitrogen and oxygen atoms in total. The molecule has 146 valence electrons. The summed E-state index contributed by atoms with van der Waals surface area (Å²) in [6.07, 6.45) is -0.677. The van der Waals surface area contributed by atoms with Crippen LogP contribution in [0.1, 0.15) is 12.8 Å². The van der Waals surface area contributed by atoms with E-state index in [-0.39, 0.29) is 12.5 Å². The highest BCUT2D eigenvalue weighted by Gasteiger charge is 2.22. The van der Waals surface area contributed by atoms with Crippen molar-refractivity contribution < 1.29 is 18.8 Å². The Hall–Kier alpha value is -3.06. The van der Waals surface area contributed by atoms with E-state index in [9.17, 15) is 4.79 Å². The van der Waals surface area contributed by atoms with Gasteiger partial charge in [0.05, 0.1) is 18.7 Å². The molecule has 2 aromatic carbocycles. The Bertz CT molecular complexity index is 943. The predicted octanol–water partition coefficient (Wildman–Crippen LogP) is 3.82. The predicted molar refractivity (Wildman–Crippen MR) is 104 cm³/mol. The molecular formula is C20H20ClN3O4. The number of halogens is 1. The Morgan fingerprint density at radius 1 is 1.18 bits per heavy atom. The third-order valence-electron chi connectivity index (χ3n) is 4.05. The average molecular weight is 402 g/mol. The van der Waals surface area contributed by atoms with Crippen LogP contribution in [0.15, 0.2) is 53.1 Å². The minimum atomic E-state index is -0.677. The second-order valence-electron chi connectivity index (χ2n) is 6.12. The summed E-state index contributed by atoms with van der Waals surface area (Å²) in [7, 11) is 3.24. The molecule has 8 heteroatoms. The molecule has 0 bridgehead atoms. The number of hydrogen-bond acceptors (Lipinski definition) is 6. The number of amides is 1. The monoisotopic (exact) mass is 401 g/mol. The van der Waals surface area contributed by atoms with Crippen molar-refractivity contribution in [3.05, 3.63) is 59.4 Å². The number of methoxy groups -OCH3 is 1. The van der Waals surface area contributed by atoms with Crippen LogP contribution in [0.3, 0.4) is 0 Å². The van der Waals surface area contributed by atoms with Crippen molar-refractivity contribution in [3.63, 3.8) is 0 Å². The Balaban J connectivity index is 1.61. The summed E-state index contributed by atoms with van der Waals surface area (Å²) in [6, 6.07) is 14.2. The lowest BCUT2D eigenvalue weighted by Gasteiger charge is -2.20. The van der Waals surface area contributed by atoms with Crippen LogP contribution in [0.25, 0.3) is 11.4 Å². The second-order valence-corrected chi connectivity index (χ2v) is 6.53. The summed E-state index contributed by atoms with van der Waals surface area (Å²) in [5.74, 6) is 1.77. The first-order valence-corrected chi connectivity index (χ1v) is 8.99. The fourth-order valence-corrected chi connectivity index (χ4v) is 2.79. The van der Waals surface area contributed by atoms with E-state index in [0.717, 1.165) is 0 Å². The molecule has 0 N–H and O–H groups in total. The molecule has 0 aliphatic rings. The molecule has 0 saturated heterocycles. The maximum absolute atomic E-state index is 12.6. The number of carbonyl (C=O) groups is 1. The van der Waals surface area contributed by atoms with Crippen LogP contribution >= 0.6 is 11.6 Å². The minimum absolute atomic E-state index is 0.159. The minimum Gasteiger partial charge on any atom is -0.497 e. The van der Waals surface area contributed by atoms with Crippen LogP contribution in [-0.4, -0.2) is 41.2 Å². The Labute approximate surface area is 167 Å². The van der Waals surface area contributed by atoms with Crippen LogP contribution < -0.4 is 9.47 Å². The van der Waals surface area contributed by atoms with Crippen molar-refractivity contribution in [1.82, 2.24) is 15.0 Å². The van der Waals surface area contributed by atoms with Gasteiger partial charge in [-0.05, 0) is 43.3 Å². The summed E-state index contributed by atoms with van der Waals surface area (Å²) in [5, 5.41) is 4.47. The highest BCUT2D eigenvalue weighted by Crippen LogP contribution is 2.25. The number of benzene rings is 2. The molecule has 1 amide bonds. The van der Waals surface area contributed by atoms with Crippen LogP contribution in [0, 0.1) is 0 Å². The Kier molecular flexibility index (Phi) is 6.16. The standard InChI is InChI=1S/C20H20ClN3O4/c1-13(27-15-10-8-14(26-3)9-11-15)20(25)24(2)12-18-22-19(23-28-18)16-6-4-5-7-17(16)21/h4-11,13H,12H2,1-3H3. The van der Waals surface area contributed by atoms with Gasteiger partial charge in [0.2, 0.25) is 11.7 Å². The zero-order valence-electron chi connectivity index (χ0n) is 15.8. The number of ether oxygens (including phenoxy) is 2. The lowest BCUT2D eigenvalue weighted by molar-refractivity contribution is -0.137. The molecule has 0 radical (unpaired) electrons. The van der Waals surface area contributed by atoms with E-state index in [0.29, 0.717) is 33.8 Å². The van der Waals surface area contributed by atoms with Crippen molar-refractivity contribution in [2.24, 2.45) is 0 Å². The van der Waals surface area contributed by atoms with Gasteiger partial charge in [-0.1, -0.05) is 28.9 Å². The molecule has 1 unspecified atom stereocenters. The molecule has 0 spiro atoms. The first-order valence-electron chi connectivity index (χ1n) is 8.61. The van der Waals surface area contributed by atoms with Crippen molar-refractivity contribution >= 4 is 17.5 Å². The van der Waals surface area contributed by atoms with E-state index in [4.69, 9.17) is 25.6 Å². The Morgan fingerprint density at radius 2 is 1.86 bits per heavy atom. The first-order chi connectivity index (χ1) is 13.5. The summed E-state index contributed by atoms with van der Waals surface area (Å²) in [6.45, 7) is 1.85. The highest BCUT2D eigenvalue weighted by atomic mass is 35.5. The van der Waals surface area contributed by atoms with Gasteiger partial charge in [-0.2, -0.15) is 4.98 Å². The van der Waals surface area contributed by atoms with Crippen LogP contribution in [-0.2, 0) is 11.3 Å². The molecule has 1 heterocycles. The third-order valence-corrected chi connectivity index (χ3v) is 4.38. The number of carbonyl (C=O) groups excluding carboxylic acids is 1. The van der Waals surface area contributed by atoms with Crippen LogP contribution in [0.2, 0.25) is 5.02 Å². The zero-order chi connectivity index (χ0) is 20.1. The van der Waals surface area contributed by atoms with Crippen molar-refractivity contribution in [2.75, 3.05) is 14.2 Å². The molecule has 0 aliphatic carbocycles. The van der Waals surface area contributed by atoms with E-state index in [1.165, 1.54) is 4.90 Å². The number of nitrogens with zero attached hydrogens (tertiary/aromatic N) is 3. The summed E-state index contributed by atoms with van der Waals surface area (Å²) < 4.78 is 16.0. The smallest absolute Gasteiger partial charge is 0.263 e. The fourth-order valence-electron chi connectivity index (χ4n) is 2.57. The lowest BCUT2D eigenvalue weighted by Crippen LogP contribution is -2.37. The van der Waals surface area contributed by atoms with E-state index in [1.54, 1.807) is 57.5 Å². The van der Waals surface area contributed by atoms with Crippen LogP contribution in [0.5, 0.6) is 11.5 Å². The lowest BCUT2D eigenvalue weighted by atomic mass is 10.2. The van der Waals surface area contributed by atoms with Crippen molar-refractivity contribution in [1.29, 1.82) is 0 Å². The van der Waals surface area contributed by atoms with Gasteiger partial charge in [0.1, 0.15) is 11.5 Å². The van der Waals surface area contributed by atoms with Gasteiger partial charge in [0.15, 0.2) is 6.10 Å². The molecule has 0 fully saturated rings.